The second kappa shape index (κ2) is 4.96. The lowest BCUT2D eigenvalue weighted by molar-refractivity contribution is 0.545. The molecule has 132 valence electrons. The van der Waals surface area contributed by atoms with Gasteiger partial charge in [0.05, 0.1) is 0 Å². The van der Waals surface area contributed by atoms with E-state index in [1.54, 1.807) is 4.57 Å². The Balaban J connectivity index is 1.70. The van der Waals surface area contributed by atoms with Gasteiger partial charge in [0, 0.05) is 19.0 Å². The summed E-state index contributed by atoms with van der Waals surface area (Å²) in [4.78, 5) is 33.7. The Morgan fingerprint density at radius 2 is 1.88 bits per heavy atom. The van der Waals surface area contributed by atoms with E-state index < -0.39 is 0 Å². The van der Waals surface area contributed by atoms with Gasteiger partial charge in [0.25, 0.3) is 5.56 Å². The SMILES string of the molecule is C=C1C2CC3C1C3C2c1nc2c([nH]1)c(=O)n(CCC)c(=O)n2CCC. The molecule has 0 radical (unpaired) electrons. The highest BCUT2D eigenvalue weighted by atomic mass is 16.2. The van der Waals surface area contributed by atoms with E-state index >= 15 is 0 Å². The van der Waals surface area contributed by atoms with Gasteiger partial charge in [-0.2, -0.15) is 0 Å². The highest BCUT2D eigenvalue weighted by Gasteiger charge is 2.71. The van der Waals surface area contributed by atoms with Crippen LogP contribution in [-0.4, -0.2) is 19.1 Å². The van der Waals surface area contributed by atoms with Crippen LogP contribution >= 0.6 is 0 Å². The van der Waals surface area contributed by atoms with E-state index in [4.69, 9.17) is 4.98 Å². The van der Waals surface area contributed by atoms with Crippen molar-refractivity contribution in [1.82, 2.24) is 19.1 Å². The van der Waals surface area contributed by atoms with Crippen molar-refractivity contribution in [1.29, 1.82) is 0 Å². The lowest BCUT2D eigenvalue weighted by Crippen LogP contribution is -2.40. The molecule has 2 aromatic heterocycles. The van der Waals surface area contributed by atoms with Crippen molar-refractivity contribution in [2.24, 2.45) is 23.7 Å². The molecule has 2 aromatic rings. The topological polar surface area (TPSA) is 72.7 Å². The Labute approximate surface area is 145 Å². The van der Waals surface area contributed by atoms with Crippen LogP contribution in [0.3, 0.4) is 0 Å². The van der Waals surface area contributed by atoms with E-state index in [0.29, 0.717) is 47.9 Å². The van der Waals surface area contributed by atoms with E-state index in [0.717, 1.165) is 24.6 Å². The molecule has 6 heteroatoms. The predicted octanol–water partition coefficient (Wildman–Crippen LogP) is 2.24. The van der Waals surface area contributed by atoms with Gasteiger partial charge in [-0.15, -0.1) is 0 Å². The predicted molar refractivity (Wildman–Crippen MR) is 95.7 cm³/mol. The number of H-pyrrole nitrogens is 1. The van der Waals surface area contributed by atoms with Crippen molar-refractivity contribution in [3.8, 4) is 0 Å². The Hall–Kier alpha value is -2.11. The zero-order valence-electron chi connectivity index (χ0n) is 14.8. The fraction of sp³-hybridized carbons (Fsp3) is 0.632. The number of nitrogens with one attached hydrogen (secondary N) is 1. The Morgan fingerprint density at radius 1 is 1.16 bits per heavy atom. The standard InChI is InChI=1S/C19H24N4O2/c1-4-6-22-17-15(18(24)23(7-5-2)19(22)25)20-16(21-17)14-10-8-11-12(9(10)3)13(11)14/h10-14H,3-8H2,1-2H3,(H,20,21). The third-order valence-electron chi connectivity index (χ3n) is 6.60. The van der Waals surface area contributed by atoms with Gasteiger partial charge in [0.15, 0.2) is 5.65 Å². The molecule has 0 aliphatic heterocycles. The van der Waals surface area contributed by atoms with Crippen LogP contribution in [0.1, 0.15) is 44.9 Å². The average molecular weight is 340 g/mol. The monoisotopic (exact) mass is 340 g/mol. The van der Waals surface area contributed by atoms with Crippen LogP contribution < -0.4 is 11.2 Å². The maximum Gasteiger partial charge on any atom is 0.332 e. The summed E-state index contributed by atoms with van der Waals surface area (Å²) in [6.45, 7) is 9.32. The first-order valence-corrected chi connectivity index (χ1v) is 9.50. The van der Waals surface area contributed by atoms with Crippen molar-refractivity contribution >= 4 is 11.2 Å². The molecule has 4 aliphatic rings. The van der Waals surface area contributed by atoms with Gasteiger partial charge in [-0.3, -0.25) is 13.9 Å². The zero-order valence-corrected chi connectivity index (χ0v) is 14.8. The summed E-state index contributed by atoms with van der Waals surface area (Å²) < 4.78 is 3.03. The summed E-state index contributed by atoms with van der Waals surface area (Å²) in [5.41, 5.74) is 1.94. The first kappa shape index (κ1) is 15.2. The molecule has 6 nitrogen and oxygen atoms in total. The molecular formula is C19H24N4O2. The molecular weight excluding hydrogens is 316 g/mol. The van der Waals surface area contributed by atoms with Gasteiger partial charge in [-0.05, 0) is 42.9 Å². The Kier molecular flexibility index (Phi) is 3.01. The van der Waals surface area contributed by atoms with Crippen molar-refractivity contribution in [2.75, 3.05) is 0 Å². The number of aromatic amines is 1. The Bertz CT molecular complexity index is 1010. The molecule has 0 saturated heterocycles. The number of fused-ring (bicyclic) bond motifs is 1. The number of imidazole rings is 1. The molecule has 0 spiro atoms. The van der Waals surface area contributed by atoms with E-state index in [1.165, 1.54) is 16.6 Å². The molecule has 4 bridgehead atoms. The summed E-state index contributed by atoms with van der Waals surface area (Å²) in [5.74, 6) is 3.87. The van der Waals surface area contributed by atoms with Crippen LogP contribution in [0.2, 0.25) is 0 Å². The van der Waals surface area contributed by atoms with Gasteiger partial charge in [-0.1, -0.05) is 26.0 Å². The van der Waals surface area contributed by atoms with Crippen molar-refractivity contribution in [2.45, 2.75) is 52.1 Å². The molecule has 6 rings (SSSR count). The maximum atomic E-state index is 12.8. The number of hydrogen-bond acceptors (Lipinski definition) is 3. The molecule has 0 aromatic carbocycles. The number of hydrogen-bond donors (Lipinski definition) is 1. The van der Waals surface area contributed by atoms with Gasteiger partial charge < -0.3 is 4.98 Å². The van der Waals surface area contributed by atoms with Gasteiger partial charge in [-0.25, -0.2) is 9.78 Å². The quantitative estimate of drug-likeness (QED) is 0.849. The van der Waals surface area contributed by atoms with E-state index in [1.807, 2.05) is 13.8 Å². The van der Waals surface area contributed by atoms with Crippen molar-refractivity contribution < 1.29 is 0 Å². The summed E-state index contributed by atoms with van der Waals surface area (Å²) >= 11 is 0. The number of allylic oxidation sites excluding steroid dienone is 1. The lowest BCUT2D eigenvalue weighted by atomic mass is 9.95. The summed E-state index contributed by atoms with van der Waals surface area (Å²) in [6.07, 6.45) is 2.80. The van der Waals surface area contributed by atoms with E-state index in [-0.39, 0.29) is 11.2 Å². The van der Waals surface area contributed by atoms with Gasteiger partial charge in [0.1, 0.15) is 11.3 Å². The highest BCUT2D eigenvalue weighted by Crippen LogP contribution is 2.77. The fourth-order valence-corrected chi connectivity index (χ4v) is 5.61. The van der Waals surface area contributed by atoms with E-state index in [2.05, 4.69) is 11.6 Å². The van der Waals surface area contributed by atoms with Crippen LogP contribution in [0.25, 0.3) is 11.2 Å². The summed E-state index contributed by atoms with van der Waals surface area (Å²) in [7, 11) is 0. The molecule has 4 saturated carbocycles. The molecule has 4 fully saturated rings. The van der Waals surface area contributed by atoms with Crippen LogP contribution in [-0.2, 0) is 13.1 Å². The fourth-order valence-electron chi connectivity index (χ4n) is 5.61. The number of aromatic nitrogens is 4. The minimum Gasteiger partial charge on any atom is -0.336 e. The largest absolute Gasteiger partial charge is 0.336 e. The summed E-state index contributed by atoms with van der Waals surface area (Å²) in [5, 5.41) is 0. The number of rotatable bonds is 5. The van der Waals surface area contributed by atoms with Gasteiger partial charge in [0.2, 0.25) is 0 Å². The van der Waals surface area contributed by atoms with Gasteiger partial charge >= 0.3 is 5.69 Å². The van der Waals surface area contributed by atoms with Crippen LogP contribution in [0.15, 0.2) is 21.7 Å². The number of aryl methyl sites for hydroxylation is 1. The Morgan fingerprint density at radius 3 is 2.44 bits per heavy atom. The second-order valence-corrected chi connectivity index (χ2v) is 7.92. The molecule has 1 N–H and O–H groups in total. The third kappa shape index (κ3) is 1.77. The third-order valence-corrected chi connectivity index (χ3v) is 6.60. The molecule has 5 atom stereocenters. The molecule has 2 heterocycles. The minimum atomic E-state index is -0.233. The summed E-state index contributed by atoms with van der Waals surface area (Å²) in [6, 6.07) is 0. The first-order chi connectivity index (χ1) is 12.1. The van der Waals surface area contributed by atoms with E-state index in [9.17, 15) is 9.59 Å². The molecule has 0 amide bonds. The molecule has 5 unspecified atom stereocenters. The second-order valence-electron chi connectivity index (χ2n) is 7.92. The van der Waals surface area contributed by atoms with Crippen LogP contribution in [0.4, 0.5) is 0 Å². The normalized spacial score (nSPS) is 32.1. The van der Waals surface area contributed by atoms with Crippen LogP contribution in [0, 0.1) is 23.7 Å². The molecule has 25 heavy (non-hydrogen) atoms. The van der Waals surface area contributed by atoms with Crippen molar-refractivity contribution in [3.63, 3.8) is 0 Å². The van der Waals surface area contributed by atoms with Crippen LogP contribution in [0.5, 0.6) is 0 Å². The average Bonchev–Trinajstić information content (AvgIpc) is 2.97. The minimum absolute atomic E-state index is 0.232. The van der Waals surface area contributed by atoms with Crippen molar-refractivity contribution in [3.05, 3.63) is 38.8 Å². The highest BCUT2D eigenvalue weighted by molar-refractivity contribution is 5.70. The molecule has 4 aliphatic carbocycles. The zero-order chi connectivity index (χ0) is 17.5. The maximum absolute atomic E-state index is 12.8. The first-order valence-electron chi connectivity index (χ1n) is 9.50. The smallest absolute Gasteiger partial charge is 0.332 e. The number of nitrogens with zero attached hydrogens (tertiary/aromatic N) is 3. The lowest BCUT2D eigenvalue weighted by Gasteiger charge is -2.11.